The monoisotopic (exact) mass is 277 g/mol. The SMILES string of the molecule is COCCNc1nc(C)cn1CCc1ccc(F)cc1. The van der Waals surface area contributed by atoms with E-state index in [1.165, 1.54) is 12.1 Å². The van der Waals surface area contributed by atoms with Crippen LogP contribution in [0.2, 0.25) is 0 Å². The van der Waals surface area contributed by atoms with Gasteiger partial charge in [-0.1, -0.05) is 12.1 Å². The van der Waals surface area contributed by atoms with E-state index in [4.69, 9.17) is 4.74 Å². The summed E-state index contributed by atoms with van der Waals surface area (Å²) >= 11 is 0. The highest BCUT2D eigenvalue weighted by Crippen LogP contribution is 2.11. The third-order valence-corrected chi connectivity index (χ3v) is 3.04. The van der Waals surface area contributed by atoms with Gasteiger partial charge in [-0.3, -0.25) is 0 Å². The Balaban J connectivity index is 1.96. The molecule has 0 aliphatic carbocycles. The number of nitrogens with zero attached hydrogens (tertiary/aromatic N) is 2. The van der Waals surface area contributed by atoms with Gasteiger partial charge >= 0.3 is 0 Å². The molecule has 0 saturated heterocycles. The lowest BCUT2D eigenvalue weighted by molar-refractivity contribution is 0.210. The highest BCUT2D eigenvalue weighted by molar-refractivity contribution is 5.29. The van der Waals surface area contributed by atoms with E-state index in [2.05, 4.69) is 14.9 Å². The van der Waals surface area contributed by atoms with Crippen LogP contribution in [-0.2, 0) is 17.7 Å². The van der Waals surface area contributed by atoms with E-state index in [9.17, 15) is 4.39 Å². The molecule has 0 spiro atoms. The maximum absolute atomic E-state index is 12.9. The van der Waals surface area contributed by atoms with E-state index in [0.29, 0.717) is 6.61 Å². The molecule has 2 aromatic rings. The minimum Gasteiger partial charge on any atom is -0.383 e. The summed E-state index contributed by atoms with van der Waals surface area (Å²) in [4.78, 5) is 4.45. The van der Waals surface area contributed by atoms with Crippen molar-refractivity contribution >= 4 is 5.95 Å². The fraction of sp³-hybridized carbons (Fsp3) is 0.400. The second-order valence-corrected chi connectivity index (χ2v) is 4.70. The summed E-state index contributed by atoms with van der Waals surface area (Å²) in [6, 6.07) is 6.62. The van der Waals surface area contributed by atoms with E-state index in [-0.39, 0.29) is 5.82 Å². The Kier molecular flexibility index (Phi) is 5.12. The van der Waals surface area contributed by atoms with Crippen molar-refractivity contribution in [3.05, 3.63) is 47.5 Å². The molecule has 1 N–H and O–H groups in total. The molecule has 0 fully saturated rings. The van der Waals surface area contributed by atoms with E-state index in [0.717, 1.165) is 36.7 Å². The van der Waals surface area contributed by atoms with E-state index >= 15 is 0 Å². The lowest BCUT2D eigenvalue weighted by Gasteiger charge is -2.09. The van der Waals surface area contributed by atoms with Crippen LogP contribution in [0.15, 0.2) is 30.5 Å². The van der Waals surface area contributed by atoms with Gasteiger partial charge in [0.15, 0.2) is 0 Å². The van der Waals surface area contributed by atoms with Gasteiger partial charge in [0.2, 0.25) is 5.95 Å². The van der Waals surface area contributed by atoms with Gasteiger partial charge < -0.3 is 14.6 Å². The Hall–Kier alpha value is -1.88. The second kappa shape index (κ2) is 7.05. The first-order valence-corrected chi connectivity index (χ1v) is 6.70. The van der Waals surface area contributed by atoms with Crippen molar-refractivity contribution < 1.29 is 9.13 Å². The molecule has 0 aliphatic heterocycles. The van der Waals surface area contributed by atoms with Crippen LogP contribution in [0.5, 0.6) is 0 Å². The summed E-state index contributed by atoms with van der Waals surface area (Å²) in [5.74, 6) is 0.649. The Morgan fingerprint density at radius 2 is 2.05 bits per heavy atom. The van der Waals surface area contributed by atoms with Crippen LogP contribution in [0.25, 0.3) is 0 Å². The van der Waals surface area contributed by atoms with Crippen LogP contribution in [-0.4, -0.2) is 29.8 Å². The Bertz CT molecular complexity index is 537. The molecule has 1 heterocycles. The van der Waals surface area contributed by atoms with Crippen molar-refractivity contribution in [2.45, 2.75) is 19.9 Å². The first-order valence-electron chi connectivity index (χ1n) is 6.70. The number of rotatable bonds is 7. The van der Waals surface area contributed by atoms with Gasteiger partial charge in [-0.15, -0.1) is 0 Å². The molecular formula is C15H20FN3O. The minimum absolute atomic E-state index is 0.200. The number of halogens is 1. The zero-order valence-electron chi connectivity index (χ0n) is 11.9. The Morgan fingerprint density at radius 1 is 1.30 bits per heavy atom. The smallest absolute Gasteiger partial charge is 0.203 e. The fourth-order valence-electron chi connectivity index (χ4n) is 2.02. The zero-order valence-corrected chi connectivity index (χ0v) is 11.9. The number of ether oxygens (including phenoxy) is 1. The molecule has 0 atom stereocenters. The van der Waals surface area contributed by atoms with Gasteiger partial charge in [0.1, 0.15) is 5.82 Å². The summed E-state index contributed by atoms with van der Waals surface area (Å²) in [6.07, 6.45) is 2.85. The number of nitrogens with one attached hydrogen (secondary N) is 1. The molecular weight excluding hydrogens is 257 g/mol. The molecule has 0 saturated carbocycles. The quantitative estimate of drug-likeness (QED) is 0.791. The molecule has 1 aromatic carbocycles. The molecule has 4 nitrogen and oxygen atoms in total. The molecule has 0 unspecified atom stereocenters. The molecule has 5 heteroatoms. The van der Waals surface area contributed by atoms with Crippen LogP contribution >= 0.6 is 0 Å². The molecule has 108 valence electrons. The first-order chi connectivity index (χ1) is 9.69. The van der Waals surface area contributed by atoms with Gasteiger partial charge in [0, 0.05) is 26.4 Å². The minimum atomic E-state index is -0.200. The van der Waals surface area contributed by atoms with E-state index in [1.54, 1.807) is 7.11 Å². The van der Waals surface area contributed by atoms with Crippen molar-refractivity contribution in [3.8, 4) is 0 Å². The predicted molar refractivity (Wildman–Crippen MR) is 77.4 cm³/mol. The van der Waals surface area contributed by atoms with Gasteiger partial charge in [-0.05, 0) is 31.0 Å². The van der Waals surface area contributed by atoms with Crippen LogP contribution in [0, 0.1) is 12.7 Å². The number of aryl methyl sites for hydroxylation is 3. The maximum atomic E-state index is 12.9. The van der Waals surface area contributed by atoms with Crippen molar-refractivity contribution in [1.82, 2.24) is 9.55 Å². The van der Waals surface area contributed by atoms with Crippen molar-refractivity contribution in [2.75, 3.05) is 25.6 Å². The number of imidazole rings is 1. The second-order valence-electron chi connectivity index (χ2n) is 4.70. The van der Waals surface area contributed by atoms with Gasteiger partial charge in [0.25, 0.3) is 0 Å². The Labute approximate surface area is 118 Å². The number of benzene rings is 1. The molecule has 1 aromatic heterocycles. The van der Waals surface area contributed by atoms with Crippen molar-refractivity contribution in [2.24, 2.45) is 0 Å². The van der Waals surface area contributed by atoms with Crippen LogP contribution in [0.1, 0.15) is 11.3 Å². The number of aromatic nitrogens is 2. The number of hydrogen-bond donors (Lipinski definition) is 1. The van der Waals surface area contributed by atoms with Gasteiger partial charge in [-0.2, -0.15) is 0 Å². The average molecular weight is 277 g/mol. The lowest BCUT2D eigenvalue weighted by atomic mass is 10.1. The molecule has 0 radical (unpaired) electrons. The number of methoxy groups -OCH3 is 1. The first kappa shape index (κ1) is 14.5. The largest absolute Gasteiger partial charge is 0.383 e. The summed E-state index contributed by atoms with van der Waals surface area (Å²) in [7, 11) is 1.67. The third-order valence-electron chi connectivity index (χ3n) is 3.04. The van der Waals surface area contributed by atoms with Crippen LogP contribution in [0.3, 0.4) is 0 Å². The van der Waals surface area contributed by atoms with Gasteiger partial charge in [0.05, 0.1) is 12.3 Å². The van der Waals surface area contributed by atoms with Crippen molar-refractivity contribution in [3.63, 3.8) is 0 Å². The average Bonchev–Trinajstić information content (AvgIpc) is 2.79. The van der Waals surface area contributed by atoms with E-state index in [1.807, 2.05) is 25.3 Å². The standard InChI is InChI=1S/C15H20FN3O/c1-12-11-19(15(18-12)17-8-10-20-2)9-7-13-3-5-14(16)6-4-13/h3-6,11H,7-10H2,1-2H3,(H,17,18). The number of hydrogen-bond acceptors (Lipinski definition) is 3. The topological polar surface area (TPSA) is 39.1 Å². The summed E-state index contributed by atoms with van der Waals surface area (Å²) in [5.41, 5.74) is 2.09. The molecule has 20 heavy (non-hydrogen) atoms. The normalized spacial score (nSPS) is 10.8. The van der Waals surface area contributed by atoms with Crippen LogP contribution in [0.4, 0.5) is 10.3 Å². The summed E-state index contributed by atoms with van der Waals surface area (Å²) in [6.45, 7) is 4.14. The molecule has 2 rings (SSSR count). The summed E-state index contributed by atoms with van der Waals surface area (Å²) in [5, 5.41) is 3.25. The van der Waals surface area contributed by atoms with Gasteiger partial charge in [-0.25, -0.2) is 9.37 Å². The van der Waals surface area contributed by atoms with E-state index < -0.39 is 0 Å². The van der Waals surface area contributed by atoms with Crippen molar-refractivity contribution in [1.29, 1.82) is 0 Å². The molecule has 0 aliphatic rings. The third kappa shape index (κ3) is 4.06. The summed E-state index contributed by atoms with van der Waals surface area (Å²) < 4.78 is 19.9. The van der Waals surface area contributed by atoms with Crippen LogP contribution < -0.4 is 5.32 Å². The zero-order chi connectivity index (χ0) is 14.4. The number of anilines is 1. The molecule has 0 bridgehead atoms. The highest BCUT2D eigenvalue weighted by Gasteiger charge is 2.05. The predicted octanol–water partition coefficient (Wildman–Crippen LogP) is 2.63. The Morgan fingerprint density at radius 3 is 2.75 bits per heavy atom. The molecule has 0 amide bonds. The highest BCUT2D eigenvalue weighted by atomic mass is 19.1. The maximum Gasteiger partial charge on any atom is 0.203 e. The lowest BCUT2D eigenvalue weighted by Crippen LogP contribution is -2.13. The fourth-order valence-corrected chi connectivity index (χ4v) is 2.02.